The average molecular weight is 300 g/mol. The third kappa shape index (κ3) is 3.02. The highest BCUT2D eigenvalue weighted by Gasteiger charge is 2.31. The van der Waals surface area contributed by atoms with Crippen molar-refractivity contribution in [2.45, 2.75) is 18.1 Å². The Kier molecular flexibility index (Phi) is 3.87. The molecule has 0 bridgehead atoms. The maximum atomic E-state index is 12.3. The van der Waals surface area contributed by atoms with Gasteiger partial charge in [0.15, 0.2) is 0 Å². The van der Waals surface area contributed by atoms with Gasteiger partial charge in [-0.1, -0.05) is 0 Å². The molecule has 0 saturated carbocycles. The quantitative estimate of drug-likeness (QED) is 0.663. The maximum absolute atomic E-state index is 12.3. The summed E-state index contributed by atoms with van der Waals surface area (Å²) in [6, 6.07) is 3.62. The van der Waals surface area contributed by atoms with E-state index in [0.29, 0.717) is 19.4 Å². The van der Waals surface area contributed by atoms with Crippen molar-refractivity contribution >= 4 is 15.9 Å². The van der Waals surface area contributed by atoms with E-state index in [4.69, 9.17) is 5.14 Å². The zero-order valence-electron chi connectivity index (χ0n) is 10.7. The highest BCUT2D eigenvalue weighted by Crippen LogP contribution is 2.25. The molecule has 1 aliphatic heterocycles. The monoisotopic (exact) mass is 300 g/mol. The maximum Gasteiger partial charge on any atom is 0.257 e. The second-order valence-electron chi connectivity index (χ2n) is 4.81. The van der Waals surface area contributed by atoms with Gasteiger partial charge in [-0.3, -0.25) is 4.79 Å². The van der Waals surface area contributed by atoms with Gasteiger partial charge >= 0.3 is 0 Å². The Hall–Kier alpha value is -1.80. The number of sulfonamides is 1. The molecule has 1 amide bonds. The van der Waals surface area contributed by atoms with Crippen LogP contribution in [-0.4, -0.2) is 47.8 Å². The molecule has 2 rings (SSSR count). The summed E-state index contributed by atoms with van der Waals surface area (Å²) in [4.78, 5) is 13.6. The summed E-state index contributed by atoms with van der Waals surface area (Å²) in [5.41, 5.74) is -0.0555. The molecule has 0 radical (unpaired) electrons. The first-order valence-electron chi connectivity index (χ1n) is 6.12. The largest absolute Gasteiger partial charge is 0.508 e. The molecule has 1 atom stereocenters. The Labute approximate surface area is 116 Å². The fourth-order valence-electron chi connectivity index (χ4n) is 2.26. The normalized spacial score (nSPS) is 19.9. The second-order valence-corrected chi connectivity index (χ2v) is 6.65. The molecule has 0 aromatic heterocycles. The molecule has 4 N–H and O–H groups in total. The van der Waals surface area contributed by atoms with Gasteiger partial charge in [0, 0.05) is 13.1 Å². The van der Waals surface area contributed by atoms with Gasteiger partial charge in [-0.15, -0.1) is 0 Å². The molecule has 1 aromatic carbocycles. The van der Waals surface area contributed by atoms with Gasteiger partial charge in [0.1, 0.15) is 11.5 Å². The smallest absolute Gasteiger partial charge is 0.257 e. The number of aromatic hydroxyl groups is 2. The molecule has 0 aliphatic carbocycles. The number of phenolic OH excluding ortho intramolecular Hbond substituents is 2. The first-order valence-corrected chi connectivity index (χ1v) is 7.73. The number of rotatable bonds is 2. The number of carbonyl (C=O) groups is 1. The number of hydrogen-bond donors (Lipinski definition) is 3. The van der Waals surface area contributed by atoms with Crippen molar-refractivity contribution in [2.75, 3.05) is 13.1 Å². The second kappa shape index (κ2) is 5.29. The zero-order valence-corrected chi connectivity index (χ0v) is 11.5. The Morgan fingerprint density at radius 3 is 2.70 bits per heavy atom. The van der Waals surface area contributed by atoms with Gasteiger partial charge in [-0.05, 0) is 31.0 Å². The summed E-state index contributed by atoms with van der Waals surface area (Å²) in [5, 5.41) is 23.3. The van der Waals surface area contributed by atoms with Crippen molar-refractivity contribution in [1.82, 2.24) is 4.90 Å². The van der Waals surface area contributed by atoms with Crippen molar-refractivity contribution in [3.05, 3.63) is 23.8 Å². The van der Waals surface area contributed by atoms with Crippen LogP contribution in [0.4, 0.5) is 0 Å². The van der Waals surface area contributed by atoms with E-state index in [0.717, 1.165) is 6.07 Å². The van der Waals surface area contributed by atoms with Gasteiger partial charge in [0.25, 0.3) is 5.91 Å². The third-order valence-electron chi connectivity index (χ3n) is 3.34. The molecule has 7 nitrogen and oxygen atoms in total. The lowest BCUT2D eigenvalue weighted by atomic mass is 10.1. The van der Waals surface area contributed by atoms with Crippen LogP contribution in [0.5, 0.6) is 11.5 Å². The molecule has 8 heteroatoms. The summed E-state index contributed by atoms with van der Waals surface area (Å²) in [6.07, 6.45) is 0.932. The molecule has 1 fully saturated rings. The molecular formula is C12H16N2O5S. The Bertz CT molecular complexity index is 629. The number of phenols is 2. The van der Waals surface area contributed by atoms with Gasteiger partial charge in [-0.25, -0.2) is 13.6 Å². The van der Waals surface area contributed by atoms with E-state index in [1.165, 1.54) is 17.0 Å². The molecule has 1 saturated heterocycles. The molecule has 0 spiro atoms. The van der Waals surface area contributed by atoms with Crippen molar-refractivity contribution in [2.24, 2.45) is 5.14 Å². The number of benzene rings is 1. The van der Waals surface area contributed by atoms with Crippen LogP contribution in [0.15, 0.2) is 18.2 Å². The summed E-state index contributed by atoms with van der Waals surface area (Å²) in [5.74, 6) is -0.927. The minimum absolute atomic E-state index is 0.00718. The van der Waals surface area contributed by atoms with Crippen LogP contribution in [0.2, 0.25) is 0 Å². The first kappa shape index (κ1) is 14.6. The van der Waals surface area contributed by atoms with Gasteiger partial charge in [0.2, 0.25) is 10.0 Å². The third-order valence-corrected chi connectivity index (χ3v) is 4.65. The zero-order chi connectivity index (χ0) is 14.9. The standard InChI is InChI=1S/C12H16N2O5S/c13-20(18,19)9-2-1-5-14(7-9)12(17)10-6-8(15)3-4-11(10)16/h3-4,6,9,15-16H,1-2,5,7H2,(H2,13,18,19). The minimum atomic E-state index is -3.70. The van der Waals surface area contributed by atoms with E-state index in [1.54, 1.807) is 0 Å². The Morgan fingerprint density at radius 1 is 1.35 bits per heavy atom. The number of primary sulfonamides is 1. The molecule has 1 aliphatic rings. The van der Waals surface area contributed by atoms with Crippen LogP contribution >= 0.6 is 0 Å². The summed E-state index contributed by atoms with van der Waals surface area (Å²) < 4.78 is 22.7. The lowest BCUT2D eigenvalue weighted by molar-refractivity contribution is 0.0723. The summed E-state index contributed by atoms with van der Waals surface area (Å²) >= 11 is 0. The van der Waals surface area contributed by atoms with E-state index >= 15 is 0 Å². The Balaban J connectivity index is 2.23. The van der Waals surface area contributed by atoms with Gasteiger partial charge in [0.05, 0.1) is 10.8 Å². The number of nitrogens with zero attached hydrogens (tertiary/aromatic N) is 1. The van der Waals surface area contributed by atoms with Crippen LogP contribution in [0.25, 0.3) is 0 Å². The van der Waals surface area contributed by atoms with Crippen LogP contribution in [-0.2, 0) is 10.0 Å². The molecule has 110 valence electrons. The number of piperidine rings is 1. The number of nitrogens with two attached hydrogens (primary N) is 1. The number of likely N-dealkylation sites (tertiary alicyclic amines) is 1. The van der Waals surface area contributed by atoms with Gasteiger partial charge in [-0.2, -0.15) is 0 Å². The summed E-state index contributed by atoms with van der Waals surface area (Å²) in [6.45, 7) is 0.382. The van der Waals surface area contributed by atoms with E-state index in [1.807, 2.05) is 0 Å². The van der Waals surface area contributed by atoms with E-state index in [-0.39, 0.29) is 23.6 Å². The SMILES string of the molecule is NS(=O)(=O)C1CCCN(C(=O)c2cc(O)ccc2O)C1. The van der Waals surface area contributed by atoms with E-state index < -0.39 is 21.2 Å². The summed E-state index contributed by atoms with van der Waals surface area (Å²) in [7, 11) is -3.70. The predicted molar refractivity (Wildman–Crippen MR) is 71.8 cm³/mol. The van der Waals surface area contributed by atoms with Crippen molar-refractivity contribution in [3.8, 4) is 11.5 Å². The number of hydrogen-bond acceptors (Lipinski definition) is 5. The Morgan fingerprint density at radius 2 is 2.05 bits per heavy atom. The van der Waals surface area contributed by atoms with Crippen LogP contribution < -0.4 is 5.14 Å². The van der Waals surface area contributed by atoms with Crippen molar-refractivity contribution in [1.29, 1.82) is 0 Å². The highest BCUT2D eigenvalue weighted by atomic mass is 32.2. The van der Waals surface area contributed by atoms with Crippen LogP contribution in [0, 0.1) is 0 Å². The van der Waals surface area contributed by atoms with E-state index in [2.05, 4.69) is 0 Å². The number of carbonyl (C=O) groups excluding carboxylic acids is 1. The molecular weight excluding hydrogens is 284 g/mol. The fraction of sp³-hybridized carbons (Fsp3) is 0.417. The topological polar surface area (TPSA) is 121 Å². The first-order chi connectivity index (χ1) is 9.29. The number of amides is 1. The molecule has 1 heterocycles. The van der Waals surface area contributed by atoms with Crippen molar-refractivity contribution in [3.63, 3.8) is 0 Å². The van der Waals surface area contributed by atoms with Crippen molar-refractivity contribution < 1.29 is 23.4 Å². The molecule has 20 heavy (non-hydrogen) atoms. The average Bonchev–Trinajstić information content (AvgIpc) is 2.40. The van der Waals surface area contributed by atoms with Gasteiger partial charge < -0.3 is 15.1 Å². The minimum Gasteiger partial charge on any atom is -0.508 e. The van der Waals surface area contributed by atoms with E-state index in [9.17, 15) is 23.4 Å². The predicted octanol–water partition coefficient (Wildman–Crippen LogP) is -0.00910. The fourth-order valence-corrected chi connectivity index (χ4v) is 3.14. The molecule has 1 aromatic rings. The van der Waals surface area contributed by atoms with Crippen LogP contribution in [0.3, 0.4) is 0 Å². The van der Waals surface area contributed by atoms with Crippen LogP contribution in [0.1, 0.15) is 23.2 Å². The highest BCUT2D eigenvalue weighted by molar-refractivity contribution is 7.89. The lowest BCUT2D eigenvalue weighted by Crippen LogP contribution is -2.47. The molecule has 1 unspecified atom stereocenters. The lowest BCUT2D eigenvalue weighted by Gasteiger charge is -2.31.